The lowest BCUT2D eigenvalue weighted by molar-refractivity contribution is -0.274. The monoisotopic (exact) mass is 386 g/mol. The summed E-state index contributed by atoms with van der Waals surface area (Å²) in [6, 6.07) is 17.4. The van der Waals surface area contributed by atoms with Crippen LogP contribution in [0.1, 0.15) is 12.8 Å². The second-order valence-corrected chi connectivity index (χ2v) is 6.42. The van der Waals surface area contributed by atoms with E-state index in [1.54, 1.807) is 12.1 Å². The summed E-state index contributed by atoms with van der Waals surface area (Å²) in [6.45, 7) is 0. The minimum atomic E-state index is -4.78. The van der Waals surface area contributed by atoms with Crippen LogP contribution in [0.2, 0.25) is 0 Å². The first-order chi connectivity index (χ1) is 13.5. The average Bonchev–Trinajstić information content (AvgIpc) is 3.47. The SMILES string of the molecule is FC(F)(F)Oc1ccccc1Nc1cc(-c2ccccc2)nc(NC2CC2)n1. The number of hydrogen-bond acceptors (Lipinski definition) is 5. The molecule has 1 saturated carbocycles. The Morgan fingerprint density at radius 2 is 1.64 bits per heavy atom. The summed E-state index contributed by atoms with van der Waals surface area (Å²) in [5.74, 6) is 0.474. The molecular formula is C20H17F3N4O. The molecule has 1 heterocycles. The number of benzene rings is 2. The molecule has 1 aliphatic carbocycles. The van der Waals surface area contributed by atoms with Gasteiger partial charge in [0.2, 0.25) is 5.95 Å². The number of nitrogens with one attached hydrogen (secondary N) is 2. The van der Waals surface area contributed by atoms with E-state index in [9.17, 15) is 13.2 Å². The Labute approximate surface area is 159 Å². The Bertz CT molecular complexity index is 959. The molecule has 1 aliphatic rings. The summed E-state index contributed by atoms with van der Waals surface area (Å²) < 4.78 is 42.1. The number of hydrogen-bond donors (Lipinski definition) is 2. The van der Waals surface area contributed by atoms with E-state index in [1.165, 1.54) is 18.2 Å². The highest BCUT2D eigenvalue weighted by atomic mass is 19.4. The number of ether oxygens (including phenoxy) is 1. The van der Waals surface area contributed by atoms with Gasteiger partial charge in [0.1, 0.15) is 5.82 Å². The van der Waals surface area contributed by atoms with Crippen molar-refractivity contribution < 1.29 is 17.9 Å². The second kappa shape index (κ2) is 7.38. The molecule has 0 aliphatic heterocycles. The van der Waals surface area contributed by atoms with Gasteiger partial charge in [-0.1, -0.05) is 42.5 Å². The number of aromatic nitrogens is 2. The van der Waals surface area contributed by atoms with Crippen LogP contribution in [0.5, 0.6) is 5.75 Å². The Balaban J connectivity index is 1.67. The highest BCUT2D eigenvalue weighted by Gasteiger charge is 2.32. The van der Waals surface area contributed by atoms with E-state index in [0.717, 1.165) is 18.4 Å². The van der Waals surface area contributed by atoms with Crippen molar-refractivity contribution in [3.8, 4) is 17.0 Å². The minimum Gasteiger partial charge on any atom is -0.404 e. The van der Waals surface area contributed by atoms with Gasteiger partial charge in [-0.05, 0) is 25.0 Å². The van der Waals surface area contributed by atoms with E-state index in [4.69, 9.17) is 0 Å². The Morgan fingerprint density at radius 3 is 2.36 bits per heavy atom. The van der Waals surface area contributed by atoms with Gasteiger partial charge in [0.05, 0.1) is 11.4 Å². The van der Waals surface area contributed by atoms with E-state index in [0.29, 0.717) is 23.5 Å². The smallest absolute Gasteiger partial charge is 0.404 e. The largest absolute Gasteiger partial charge is 0.573 e. The van der Waals surface area contributed by atoms with E-state index in [-0.39, 0.29) is 11.4 Å². The maximum atomic E-state index is 12.7. The van der Waals surface area contributed by atoms with Gasteiger partial charge in [-0.15, -0.1) is 13.2 Å². The summed E-state index contributed by atoms with van der Waals surface area (Å²) in [5, 5.41) is 6.15. The highest BCUT2D eigenvalue weighted by molar-refractivity contribution is 5.70. The van der Waals surface area contributed by atoms with Crippen LogP contribution in [0.15, 0.2) is 60.7 Å². The molecule has 1 fully saturated rings. The van der Waals surface area contributed by atoms with E-state index < -0.39 is 6.36 Å². The normalized spacial score (nSPS) is 13.8. The number of anilines is 3. The molecule has 0 bridgehead atoms. The fraction of sp³-hybridized carbons (Fsp3) is 0.200. The van der Waals surface area contributed by atoms with Crippen LogP contribution in [-0.4, -0.2) is 22.4 Å². The Morgan fingerprint density at radius 1 is 0.929 bits per heavy atom. The third-order valence-corrected chi connectivity index (χ3v) is 4.08. The lowest BCUT2D eigenvalue weighted by Crippen LogP contribution is -2.18. The minimum absolute atomic E-state index is 0.162. The summed E-state index contributed by atoms with van der Waals surface area (Å²) in [4.78, 5) is 8.94. The first kappa shape index (κ1) is 18.1. The quantitative estimate of drug-likeness (QED) is 0.597. The molecule has 5 nitrogen and oxygen atoms in total. The zero-order chi connectivity index (χ0) is 19.6. The van der Waals surface area contributed by atoms with Crippen molar-refractivity contribution in [2.45, 2.75) is 25.2 Å². The van der Waals surface area contributed by atoms with Gasteiger partial charge >= 0.3 is 6.36 Å². The molecule has 144 valence electrons. The molecular weight excluding hydrogens is 369 g/mol. The van der Waals surface area contributed by atoms with E-state index in [1.807, 2.05) is 30.3 Å². The standard InChI is InChI=1S/C20H17F3N4O/c21-20(22,23)28-17-9-5-4-8-15(17)25-18-12-16(13-6-2-1-3-7-13)26-19(27-18)24-14-10-11-14/h1-9,12,14H,10-11H2,(H2,24,25,26,27). The molecule has 0 spiro atoms. The second-order valence-electron chi connectivity index (χ2n) is 6.42. The molecule has 0 saturated heterocycles. The van der Waals surface area contributed by atoms with Crippen molar-refractivity contribution in [3.63, 3.8) is 0 Å². The van der Waals surface area contributed by atoms with Crippen LogP contribution in [0, 0.1) is 0 Å². The molecule has 0 amide bonds. The van der Waals surface area contributed by atoms with Crippen molar-refractivity contribution in [2.24, 2.45) is 0 Å². The van der Waals surface area contributed by atoms with Gasteiger partial charge in [-0.2, -0.15) is 4.98 Å². The van der Waals surface area contributed by atoms with Gasteiger partial charge < -0.3 is 15.4 Å². The molecule has 0 atom stereocenters. The first-order valence-corrected chi connectivity index (χ1v) is 8.79. The van der Waals surface area contributed by atoms with Crippen LogP contribution in [0.3, 0.4) is 0 Å². The summed E-state index contributed by atoms with van der Waals surface area (Å²) in [7, 11) is 0. The van der Waals surface area contributed by atoms with Crippen molar-refractivity contribution in [1.29, 1.82) is 0 Å². The lowest BCUT2D eigenvalue weighted by Gasteiger charge is -2.15. The van der Waals surface area contributed by atoms with Gasteiger partial charge in [-0.3, -0.25) is 0 Å². The zero-order valence-corrected chi connectivity index (χ0v) is 14.7. The van der Waals surface area contributed by atoms with Crippen molar-refractivity contribution in [3.05, 3.63) is 60.7 Å². The fourth-order valence-corrected chi connectivity index (χ4v) is 2.66. The molecule has 3 aromatic rings. The van der Waals surface area contributed by atoms with Crippen LogP contribution >= 0.6 is 0 Å². The lowest BCUT2D eigenvalue weighted by atomic mass is 10.1. The molecule has 1 aromatic heterocycles. The number of para-hydroxylation sites is 2. The number of nitrogens with zero attached hydrogens (tertiary/aromatic N) is 2. The average molecular weight is 386 g/mol. The molecule has 8 heteroatoms. The number of rotatable bonds is 6. The molecule has 4 rings (SSSR count). The molecule has 0 radical (unpaired) electrons. The maximum absolute atomic E-state index is 12.7. The molecule has 0 unspecified atom stereocenters. The van der Waals surface area contributed by atoms with Crippen LogP contribution in [0.4, 0.5) is 30.6 Å². The molecule has 2 aromatic carbocycles. The summed E-state index contributed by atoms with van der Waals surface area (Å²) in [6.07, 6.45) is -2.69. The number of alkyl halides is 3. The third-order valence-electron chi connectivity index (χ3n) is 4.08. The first-order valence-electron chi connectivity index (χ1n) is 8.79. The highest BCUT2D eigenvalue weighted by Crippen LogP contribution is 2.33. The Kier molecular flexibility index (Phi) is 4.77. The molecule has 28 heavy (non-hydrogen) atoms. The predicted octanol–water partition coefficient (Wildman–Crippen LogP) is 5.36. The van der Waals surface area contributed by atoms with Crippen molar-refractivity contribution in [1.82, 2.24) is 9.97 Å². The van der Waals surface area contributed by atoms with Crippen molar-refractivity contribution >= 4 is 17.5 Å². The van der Waals surface area contributed by atoms with Gasteiger partial charge in [-0.25, -0.2) is 4.98 Å². The van der Waals surface area contributed by atoms with Crippen LogP contribution < -0.4 is 15.4 Å². The van der Waals surface area contributed by atoms with E-state index >= 15 is 0 Å². The van der Waals surface area contributed by atoms with E-state index in [2.05, 4.69) is 25.3 Å². The topological polar surface area (TPSA) is 59.1 Å². The van der Waals surface area contributed by atoms with Gasteiger partial charge in [0, 0.05) is 17.7 Å². The fourth-order valence-electron chi connectivity index (χ4n) is 2.66. The summed E-state index contributed by atoms with van der Waals surface area (Å²) in [5.41, 5.74) is 1.71. The summed E-state index contributed by atoms with van der Waals surface area (Å²) >= 11 is 0. The number of halogens is 3. The molecule has 2 N–H and O–H groups in total. The van der Waals surface area contributed by atoms with Crippen LogP contribution in [-0.2, 0) is 0 Å². The predicted molar refractivity (Wildman–Crippen MR) is 101 cm³/mol. The van der Waals surface area contributed by atoms with Crippen molar-refractivity contribution in [2.75, 3.05) is 10.6 Å². The Hall–Kier alpha value is -3.29. The maximum Gasteiger partial charge on any atom is 0.573 e. The van der Waals surface area contributed by atoms with Crippen LogP contribution in [0.25, 0.3) is 11.3 Å². The van der Waals surface area contributed by atoms with Gasteiger partial charge in [0.25, 0.3) is 0 Å². The third kappa shape index (κ3) is 4.70. The zero-order valence-electron chi connectivity index (χ0n) is 14.7. The van der Waals surface area contributed by atoms with Gasteiger partial charge in [0.15, 0.2) is 5.75 Å².